The highest BCUT2D eigenvalue weighted by Gasteiger charge is 2.11. The number of pyridine rings is 1. The van der Waals surface area contributed by atoms with Gasteiger partial charge in [-0.05, 0) is 30.3 Å². The zero-order chi connectivity index (χ0) is 13.0. The topological polar surface area (TPSA) is 30.0 Å². The molecule has 1 heterocycles. The van der Waals surface area contributed by atoms with Crippen LogP contribution in [0.5, 0.6) is 0 Å². The van der Waals surface area contributed by atoms with Crippen molar-refractivity contribution in [3.8, 4) is 0 Å². The number of benzene rings is 1. The maximum atomic E-state index is 12.0. The minimum Gasteiger partial charge on any atom is -0.293 e. The van der Waals surface area contributed by atoms with Crippen LogP contribution in [0.25, 0.3) is 0 Å². The highest BCUT2D eigenvalue weighted by atomic mass is 35.5. The second-order valence-corrected chi connectivity index (χ2v) is 5.34. The number of nitrogens with zero attached hydrogens (tertiary/aromatic N) is 1. The van der Waals surface area contributed by atoms with Crippen LogP contribution in [-0.4, -0.2) is 16.5 Å². The zero-order valence-corrected chi connectivity index (χ0v) is 11.6. The summed E-state index contributed by atoms with van der Waals surface area (Å²) in [6.45, 7) is 0. The fourth-order valence-corrected chi connectivity index (χ4v) is 2.50. The first-order valence-electron chi connectivity index (χ1n) is 5.19. The molecule has 0 radical (unpaired) electrons. The number of hydrogen-bond acceptors (Lipinski definition) is 3. The second-order valence-electron chi connectivity index (χ2n) is 3.50. The van der Waals surface area contributed by atoms with Gasteiger partial charge < -0.3 is 0 Å². The fourth-order valence-electron chi connectivity index (χ4n) is 1.36. The Balaban J connectivity index is 2.06. The van der Waals surface area contributed by atoms with E-state index in [4.69, 9.17) is 23.2 Å². The molecule has 1 aromatic carbocycles. The van der Waals surface area contributed by atoms with Gasteiger partial charge in [0.15, 0.2) is 5.78 Å². The summed E-state index contributed by atoms with van der Waals surface area (Å²) in [7, 11) is 0. The van der Waals surface area contributed by atoms with E-state index in [-0.39, 0.29) is 11.5 Å². The molecule has 0 N–H and O–H groups in total. The van der Waals surface area contributed by atoms with Gasteiger partial charge >= 0.3 is 0 Å². The Bertz CT molecular complexity index is 560. The zero-order valence-electron chi connectivity index (χ0n) is 9.27. The van der Waals surface area contributed by atoms with Crippen molar-refractivity contribution >= 4 is 40.7 Å². The van der Waals surface area contributed by atoms with Crippen LogP contribution < -0.4 is 0 Å². The molecular weight excluding hydrogens is 289 g/mol. The van der Waals surface area contributed by atoms with E-state index in [2.05, 4.69) is 4.98 Å². The van der Waals surface area contributed by atoms with Gasteiger partial charge in [0, 0.05) is 16.8 Å². The van der Waals surface area contributed by atoms with Crippen molar-refractivity contribution in [2.75, 3.05) is 5.75 Å². The van der Waals surface area contributed by atoms with Gasteiger partial charge in [0.25, 0.3) is 0 Å². The highest BCUT2D eigenvalue weighted by Crippen LogP contribution is 2.23. The van der Waals surface area contributed by atoms with Gasteiger partial charge in [0.2, 0.25) is 0 Å². The monoisotopic (exact) mass is 297 g/mol. The van der Waals surface area contributed by atoms with Gasteiger partial charge in [0.05, 0.1) is 15.8 Å². The smallest absolute Gasteiger partial charge is 0.174 e. The molecule has 0 saturated carbocycles. The quantitative estimate of drug-likeness (QED) is 0.620. The average Bonchev–Trinajstić information content (AvgIpc) is 2.40. The van der Waals surface area contributed by atoms with Crippen LogP contribution in [0.4, 0.5) is 0 Å². The third-order valence-electron chi connectivity index (χ3n) is 2.22. The molecule has 18 heavy (non-hydrogen) atoms. The Labute approximate surface area is 119 Å². The molecule has 0 atom stereocenters. The van der Waals surface area contributed by atoms with Gasteiger partial charge in [-0.15, -0.1) is 0 Å². The number of carbonyl (C=O) groups is 1. The number of aromatic nitrogens is 1. The van der Waals surface area contributed by atoms with Crippen LogP contribution in [0.2, 0.25) is 10.0 Å². The highest BCUT2D eigenvalue weighted by molar-refractivity contribution is 7.99. The van der Waals surface area contributed by atoms with Crippen molar-refractivity contribution in [1.82, 2.24) is 4.98 Å². The number of Topliss-reactive ketones (excluding diaryl/α,β-unsaturated/α-hetero) is 1. The van der Waals surface area contributed by atoms with Crippen LogP contribution >= 0.6 is 35.0 Å². The summed E-state index contributed by atoms with van der Waals surface area (Å²) in [6, 6.07) is 10.4. The van der Waals surface area contributed by atoms with E-state index < -0.39 is 0 Å². The van der Waals surface area contributed by atoms with Gasteiger partial charge in [-0.3, -0.25) is 4.79 Å². The van der Waals surface area contributed by atoms with Crippen molar-refractivity contribution < 1.29 is 4.79 Å². The van der Waals surface area contributed by atoms with E-state index in [0.29, 0.717) is 15.6 Å². The number of hydrogen-bond donors (Lipinski definition) is 0. The van der Waals surface area contributed by atoms with Crippen molar-refractivity contribution in [3.63, 3.8) is 0 Å². The first kappa shape index (κ1) is 13.4. The van der Waals surface area contributed by atoms with E-state index in [1.807, 2.05) is 18.2 Å². The van der Waals surface area contributed by atoms with Crippen molar-refractivity contribution in [2.24, 2.45) is 0 Å². The number of thioether (sulfide) groups is 1. The molecule has 0 aliphatic heterocycles. The molecule has 0 amide bonds. The van der Waals surface area contributed by atoms with Crippen molar-refractivity contribution in [2.45, 2.75) is 5.03 Å². The van der Waals surface area contributed by atoms with Gasteiger partial charge in [-0.2, -0.15) is 0 Å². The predicted molar refractivity (Wildman–Crippen MR) is 75.8 cm³/mol. The van der Waals surface area contributed by atoms with Crippen LogP contribution in [0.1, 0.15) is 10.4 Å². The molecule has 0 fully saturated rings. The fraction of sp³-hybridized carbons (Fsp3) is 0.0769. The molecule has 0 spiro atoms. The summed E-state index contributed by atoms with van der Waals surface area (Å²) in [6.07, 6.45) is 1.69. The molecule has 2 rings (SSSR count). The summed E-state index contributed by atoms with van der Waals surface area (Å²) in [5.41, 5.74) is 0.451. The second kappa shape index (κ2) is 6.23. The lowest BCUT2D eigenvalue weighted by Crippen LogP contribution is -2.03. The summed E-state index contributed by atoms with van der Waals surface area (Å²) in [5.74, 6) is 0.231. The van der Waals surface area contributed by atoms with Crippen molar-refractivity contribution in [3.05, 3.63) is 58.2 Å². The van der Waals surface area contributed by atoms with E-state index in [1.165, 1.54) is 11.8 Å². The lowest BCUT2D eigenvalue weighted by Gasteiger charge is -2.04. The van der Waals surface area contributed by atoms with Crippen molar-refractivity contribution in [1.29, 1.82) is 0 Å². The lowest BCUT2D eigenvalue weighted by atomic mass is 10.1. The van der Waals surface area contributed by atoms with E-state index >= 15 is 0 Å². The Hall–Kier alpha value is -1.03. The minimum absolute atomic E-state index is 0.0573. The summed E-state index contributed by atoms with van der Waals surface area (Å²) >= 11 is 13.2. The van der Waals surface area contributed by atoms with Crippen LogP contribution in [0.15, 0.2) is 47.6 Å². The Morgan fingerprint density at radius 2 is 2.06 bits per heavy atom. The molecule has 0 bridgehead atoms. The first-order valence-corrected chi connectivity index (χ1v) is 6.93. The molecule has 2 aromatic rings. The van der Waals surface area contributed by atoms with Gasteiger partial charge in [0.1, 0.15) is 0 Å². The molecule has 1 aromatic heterocycles. The Morgan fingerprint density at radius 1 is 1.22 bits per heavy atom. The number of carbonyl (C=O) groups excluding carboxylic acids is 1. The maximum Gasteiger partial charge on any atom is 0.174 e. The Morgan fingerprint density at radius 3 is 2.78 bits per heavy atom. The molecule has 0 aliphatic carbocycles. The standard InChI is InChI=1S/C13H9Cl2NOS/c14-9-4-5-11(15)10(7-9)12(17)8-18-13-3-1-2-6-16-13/h1-7H,8H2. The Kier molecular flexibility index (Phi) is 4.64. The summed E-state index contributed by atoms with van der Waals surface area (Å²) in [5, 5.41) is 1.74. The number of rotatable bonds is 4. The van der Waals surface area contributed by atoms with Gasteiger partial charge in [-0.25, -0.2) is 4.98 Å². The number of ketones is 1. The molecule has 92 valence electrons. The van der Waals surface area contributed by atoms with Crippen LogP contribution in [0.3, 0.4) is 0 Å². The molecule has 0 saturated heterocycles. The molecule has 5 heteroatoms. The average molecular weight is 298 g/mol. The maximum absolute atomic E-state index is 12.0. The SMILES string of the molecule is O=C(CSc1ccccn1)c1cc(Cl)ccc1Cl. The largest absolute Gasteiger partial charge is 0.293 e. The lowest BCUT2D eigenvalue weighted by molar-refractivity contribution is 0.102. The predicted octanol–water partition coefficient (Wildman–Crippen LogP) is 4.36. The van der Waals surface area contributed by atoms with Gasteiger partial charge in [-0.1, -0.05) is 41.0 Å². The molecule has 0 aliphatic rings. The minimum atomic E-state index is -0.0573. The third-order valence-corrected chi connectivity index (χ3v) is 3.73. The van der Waals surface area contributed by atoms with E-state index in [1.54, 1.807) is 24.4 Å². The third kappa shape index (κ3) is 3.48. The van der Waals surface area contributed by atoms with E-state index in [0.717, 1.165) is 5.03 Å². The molecule has 0 unspecified atom stereocenters. The molecular formula is C13H9Cl2NOS. The summed E-state index contributed by atoms with van der Waals surface area (Å²) < 4.78 is 0. The van der Waals surface area contributed by atoms with Crippen LogP contribution in [0, 0.1) is 0 Å². The summed E-state index contributed by atoms with van der Waals surface area (Å²) in [4.78, 5) is 16.1. The molecule has 2 nitrogen and oxygen atoms in total. The first-order chi connectivity index (χ1) is 8.66. The normalized spacial score (nSPS) is 10.3. The van der Waals surface area contributed by atoms with Crippen LogP contribution in [-0.2, 0) is 0 Å². The van der Waals surface area contributed by atoms with E-state index in [9.17, 15) is 4.79 Å². The number of halogens is 2.